The Balaban J connectivity index is 1.41. The van der Waals surface area contributed by atoms with Gasteiger partial charge in [-0.25, -0.2) is 0 Å². The first-order valence-electron chi connectivity index (χ1n) is 10.00. The second-order valence-electron chi connectivity index (χ2n) is 7.08. The third-order valence-electron chi connectivity index (χ3n) is 4.83. The van der Waals surface area contributed by atoms with Gasteiger partial charge in [-0.1, -0.05) is 56.0 Å². The third-order valence-corrected chi connectivity index (χ3v) is 11.3. The average molecular weight is 453 g/mol. The molecule has 0 bridgehead atoms. The van der Waals surface area contributed by atoms with Crippen LogP contribution in [0.4, 0.5) is 0 Å². The fraction of sp³-hybridized carbons (Fsp3) is 0.895. The molecule has 0 radical (unpaired) electrons. The van der Waals surface area contributed by atoms with Crippen LogP contribution in [-0.4, -0.2) is 47.2 Å². The van der Waals surface area contributed by atoms with Gasteiger partial charge in [0.1, 0.15) is 0 Å². The quantitative estimate of drug-likeness (QED) is 0.195. The molecule has 0 saturated carbocycles. The highest BCUT2D eigenvalue weighted by molar-refractivity contribution is 8.77. The van der Waals surface area contributed by atoms with Gasteiger partial charge < -0.3 is 9.47 Å². The van der Waals surface area contributed by atoms with Gasteiger partial charge in [-0.2, -0.15) is 0 Å². The maximum absolute atomic E-state index is 11.9. The third kappa shape index (κ3) is 10.6. The molecule has 2 fully saturated rings. The first kappa shape index (κ1) is 23.6. The molecule has 1 unspecified atom stereocenters. The molecule has 2 aliphatic heterocycles. The van der Waals surface area contributed by atoms with E-state index in [1.807, 2.05) is 43.2 Å². The van der Waals surface area contributed by atoms with E-state index in [2.05, 4.69) is 4.74 Å². The van der Waals surface area contributed by atoms with E-state index in [0.29, 0.717) is 29.9 Å². The Kier molecular flexibility index (Phi) is 12.5. The van der Waals surface area contributed by atoms with E-state index in [1.165, 1.54) is 32.1 Å². The van der Waals surface area contributed by atoms with E-state index in [0.717, 1.165) is 43.8 Å². The van der Waals surface area contributed by atoms with Crippen LogP contribution in [-0.2, 0) is 19.1 Å². The maximum Gasteiger partial charge on any atom is 0.305 e. The van der Waals surface area contributed by atoms with Crippen molar-refractivity contribution in [2.24, 2.45) is 0 Å². The molecule has 0 aromatic rings. The number of esters is 2. The van der Waals surface area contributed by atoms with E-state index in [4.69, 9.17) is 4.74 Å². The van der Waals surface area contributed by atoms with Crippen LogP contribution in [0.15, 0.2) is 0 Å². The Morgan fingerprint density at radius 3 is 2.19 bits per heavy atom. The van der Waals surface area contributed by atoms with Gasteiger partial charge in [-0.05, 0) is 44.9 Å². The van der Waals surface area contributed by atoms with Crippen LogP contribution in [0.2, 0.25) is 0 Å². The number of ether oxygens (including phenoxy) is 2. The minimum absolute atomic E-state index is 0.0292. The van der Waals surface area contributed by atoms with Gasteiger partial charge in [0.15, 0.2) is 0 Å². The van der Waals surface area contributed by atoms with Gasteiger partial charge in [-0.3, -0.25) is 9.59 Å². The summed E-state index contributed by atoms with van der Waals surface area (Å²) in [5.41, 5.74) is 0. The summed E-state index contributed by atoms with van der Waals surface area (Å²) in [5, 5.41) is 2.06. The molecular formula is C19H32O4S4. The molecule has 2 saturated heterocycles. The molecular weight excluding hydrogens is 420 g/mol. The van der Waals surface area contributed by atoms with Crippen molar-refractivity contribution in [2.45, 2.75) is 86.4 Å². The van der Waals surface area contributed by atoms with Crippen molar-refractivity contribution in [3.8, 4) is 0 Å². The van der Waals surface area contributed by atoms with Gasteiger partial charge in [0, 0.05) is 34.3 Å². The number of rotatable bonds is 13. The standard InChI is InChI=1S/C19H32O4S4/c1-22-18(20)8-4-3-7-16-14-17(27-26-16)10-12-23-19(21)9-5-2-6-15-11-13-24-25-15/h15-17H,2-14H2,1H3/t15-,16-,17?/m1/s1. The Labute approximate surface area is 179 Å². The number of unbranched alkanes of at least 4 members (excludes halogenated alkanes) is 2. The van der Waals surface area contributed by atoms with Gasteiger partial charge in [0.25, 0.3) is 0 Å². The Morgan fingerprint density at radius 2 is 1.52 bits per heavy atom. The van der Waals surface area contributed by atoms with Gasteiger partial charge in [-0.15, -0.1) is 0 Å². The zero-order chi connectivity index (χ0) is 19.3. The fourth-order valence-corrected chi connectivity index (χ4v) is 9.72. The van der Waals surface area contributed by atoms with Crippen LogP contribution in [0.3, 0.4) is 0 Å². The lowest BCUT2D eigenvalue weighted by Gasteiger charge is -2.10. The van der Waals surface area contributed by atoms with E-state index < -0.39 is 0 Å². The van der Waals surface area contributed by atoms with Crippen LogP contribution >= 0.6 is 43.2 Å². The lowest BCUT2D eigenvalue weighted by molar-refractivity contribution is -0.144. The zero-order valence-electron chi connectivity index (χ0n) is 16.2. The topological polar surface area (TPSA) is 52.6 Å². The number of carbonyl (C=O) groups excluding carboxylic acids is 2. The molecule has 0 spiro atoms. The molecule has 3 atom stereocenters. The predicted molar refractivity (Wildman–Crippen MR) is 120 cm³/mol. The van der Waals surface area contributed by atoms with E-state index in [1.54, 1.807) is 0 Å². The first-order chi connectivity index (χ1) is 13.2. The summed E-state index contributed by atoms with van der Waals surface area (Å²) in [7, 11) is 9.33. The van der Waals surface area contributed by atoms with Crippen molar-refractivity contribution in [3.63, 3.8) is 0 Å². The summed E-state index contributed by atoms with van der Waals surface area (Å²) in [6.07, 6.45) is 11.0. The van der Waals surface area contributed by atoms with Gasteiger partial charge in [0.2, 0.25) is 0 Å². The number of hydrogen-bond donors (Lipinski definition) is 0. The molecule has 4 nitrogen and oxygen atoms in total. The summed E-state index contributed by atoms with van der Waals surface area (Å²) >= 11 is 0. The molecule has 2 aliphatic rings. The Hall–Kier alpha value is 0.340. The minimum atomic E-state index is -0.112. The molecule has 27 heavy (non-hydrogen) atoms. The molecule has 0 aromatic carbocycles. The summed E-state index contributed by atoms with van der Waals surface area (Å²) in [4.78, 5) is 23.0. The molecule has 156 valence electrons. The Bertz CT molecular complexity index is 443. The average Bonchev–Trinajstić information content (AvgIpc) is 3.34. The predicted octanol–water partition coefficient (Wildman–Crippen LogP) is 5.89. The second kappa shape index (κ2) is 14.3. The molecule has 0 amide bonds. The smallest absolute Gasteiger partial charge is 0.305 e. The second-order valence-corrected chi connectivity index (χ2v) is 12.7. The lowest BCUT2D eigenvalue weighted by Crippen LogP contribution is -2.11. The van der Waals surface area contributed by atoms with Gasteiger partial charge >= 0.3 is 11.9 Å². The first-order valence-corrected chi connectivity index (χ1v) is 14.7. The number of carbonyl (C=O) groups is 2. The van der Waals surface area contributed by atoms with Gasteiger partial charge in [0.05, 0.1) is 13.7 Å². The van der Waals surface area contributed by atoms with Crippen LogP contribution in [0.25, 0.3) is 0 Å². The normalized spacial score (nSPS) is 24.9. The van der Waals surface area contributed by atoms with Crippen LogP contribution < -0.4 is 0 Å². The molecule has 0 N–H and O–H groups in total. The highest BCUT2D eigenvalue weighted by Gasteiger charge is 2.26. The van der Waals surface area contributed by atoms with Crippen LogP contribution in [0.1, 0.15) is 70.6 Å². The molecule has 0 aliphatic carbocycles. The van der Waals surface area contributed by atoms with Crippen LogP contribution in [0.5, 0.6) is 0 Å². The minimum Gasteiger partial charge on any atom is -0.469 e. The lowest BCUT2D eigenvalue weighted by atomic mass is 10.1. The maximum atomic E-state index is 11.9. The Morgan fingerprint density at radius 1 is 0.852 bits per heavy atom. The monoisotopic (exact) mass is 452 g/mol. The largest absolute Gasteiger partial charge is 0.469 e. The molecule has 8 heteroatoms. The van der Waals surface area contributed by atoms with Crippen LogP contribution in [0, 0.1) is 0 Å². The highest BCUT2D eigenvalue weighted by atomic mass is 33.1. The fourth-order valence-electron chi connectivity index (χ4n) is 3.19. The summed E-state index contributed by atoms with van der Waals surface area (Å²) in [6.45, 7) is 0.557. The zero-order valence-corrected chi connectivity index (χ0v) is 19.5. The van der Waals surface area contributed by atoms with Crippen molar-refractivity contribution < 1.29 is 19.1 Å². The summed E-state index contributed by atoms with van der Waals surface area (Å²) in [5.74, 6) is 1.14. The summed E-state index contributed by atoms with van der Waals surface area (Å²) in [6, 6.07) is 0. The SMILES string of the molecule is COC(=O)CCCC[C@@H]1CC(CCOC(=O)CCCC[C@@H]2CCSS2)SS1. The molecule has 0 aromatic heterocycles. The summed E-state index contributed by atoms with van der Waals surface area (Å²) < 4.78 is 10.1. The van der Waals surface area contributed by atoms with Crippen molar-refractivity contribution in [2.75, 3.05) is 19.5 Å². The molecule has 2 rings (SSSR count). The molecule has 2 heterocycles. The van der Waals surface area contributed by atoms with E-state index >= 15 is 0 Å². The van der Waals surface area contributed by atoms with Crippen molar-refractivity contribution in [1.82, 2.24) is 0 Å². The van der Waals surface area contributed by atoms with Crippen molar-refractivity contribution >= 4 is 55.1 Å². The van der Waals surface area contributed by atoms with E-state index in [-0.39, 0.29) is 11.9 Å². The number of hydrogen-bond acceptors (Lipinski definition) is 8. The number of methoxy groups -OCH3 is 1. The van der Waals surface area contributed by atoms with Crippen molar-refractivity contribution in [1.29, 1.82) is 0 Å². The van der Waals surface area contributed by atoms with E-state index in [9.17, 15) is 9.59 Å². The van der Waals surface area contributed by atoms with Crippen molar-refractivity contribution in [3.05, 3.63) is 0 Å². The highest BCUT2D eigenvalue weighted by Crippen LogP contribution is 2.46.